The molecule has 0 bridgehead atoms. The summed E-state index contributed by atoms with van der Waals surface area (Å²) >= 11 is 5.63. The van der Waals surface area contributed by atoms with Gasteiger partial charge < -0.3 is 0 Å². The van der Waals surface area contributed by atoms with Crippen molar-refractivity contribution in [2.75, 3.05) is 5.88 Å². The van der Waals surface area contributed by atoms with E-state index in [4.69, 9.17) is 11.6 Å². The summed E-state index contributed by atoms with van der Waals surface area (Å²) in [6.45, 7) is 6.18. The summed E-state index contributed by atoms with van der Waals surface area (Å²) in [5.74, 6) is 1.37. The first-order valence-corrected chi connectivity index (χ1v) is 5.43. The predicted octanol–water partition coefficient (Wildman–Crippen LogP) is 4.08. The van der Waals surface area contributed by atoms with Gasteiger partial charge in [-0.1, -0.05) is 42.9 Å². The van der Waals surface area contributed by atoms with E-state index in [0.29, 0.717) is 5.88 Å². The fraction of sp³-hybridized carbons (Fsp3) is 0.500. The molecule has 0 aromatic rings. The molecule has 0 unspecified atom stereocenters. The molecule has 0 aromatic carbocycles. The lowest BCUT2D eigenvalue weighted by atomic mass is 10.1. The summed E-state index contributed by atoms with van der Waals surface area (Å²) in [5.41, 5.74) is 2.57. The van der Waals surface area contributed by atoms with Crippen molar-refractivity contribution in [3.8, 4) is 0 Å². The first kappa shape index (κ1) is 10.6. The highest BCUT2D eigenvalue weighted by Crippen LogP contribution is 2.36. The summed E-state index contributed by atoms with van der Waals surface area (Å²) in [5, 5.41) is 0. The van der Waals surface area contributed by atoms with E-state index in [1.54, 1.807) is 0 Å². The number of allylic oxidation sites excluding steroid dienone is 5. The van der Waals surface area contributed by atoms with Crippen molar-refractivity contribution in [3.05, 3.63) is 36.0 Å². The lowest BCUT2D eigenvalue weighted by Crippen LogP contribution is -1.80. The van der Waals surface area contributed by atoms with Crippen LogP contribution < -0.4 is 0 Å². The van der Waals surface area contributed by atoms with Gasteiger partial charge in [-0.05, 0) is 25.2 Å². The molecule has 1 aliphatic rings. The van der Waals surface area contributed by atoms with Gasteiger partial charge in [0.05, 0.1) is 0 Å². The van der Waals surface area contributed by atoms with Crippen molar-refractivity contribution in [1.82, 2.24) is 0 Å². The Morgan fingerprint density at radius 2 is 2.15 bits per heavy atom. The molecule has 0 nitrogen and oxygen atoms in total. The highest BCUT2D eigenvalue weighted by Gasteiger charge is 2.22. The molecule has 1 aliphatic carbocycles. The molecule has 1 saturated carbocycles. The van der Waals surface area contributed by atoms with E-state index in [2.05, 4.69) is 31.7 Å². The third-order valence-corrected chi connectivity index (χ3v) is 2.52. The summed E-state index contributed by atoms with van der Waals surface area (Å²) in [7, 11) is 0. The van der Waals surface area contributed by atoms with E-state index in [1.165, 1.54) is 24.0 Å². The first-order chi connectivity index (χ1) is 6.27. The Morgan fingerprint density at radius 3 is 2.62 bits per heavy atom. The van der Waals surface area contributed by atoms with E-state index >= 15 is 0 Å². The third kappa shape index (κ3) is 3.82. The van der Waals surface area contributed by atoms with Crippen LogP contribution in [-0.4, -0.2) is 5.88 Å². The van der Waals surface area contributed by atoms with Crippen molar-refractivity contribution < 1.29 is 0 Å². The van der Waals surface area contributed by atoms with Crippen molar-refractivity contribution in [2.45, 2.75) is 26.2 Å². The smallest absolute Gasteiger partial charge is 0.0409 e. The van der Waals surface area contributed by atoms with Gasteiger partial charge in [0.1, 0.15) is 0 Å². The minimum absolute atomic E-state index is 0.601. The lowest BCUT2D eigenvalue weighted by molar-refractivity contribution is 1.05. The van der Waals surface area contributed by atoms with Crippen molar-refractivity contribution >= 4 is 11.6 Å². The van der Waals surface area contributed by atoms with Crippen molar-refractivity contribution in [2.24, 2.45) is 5.92 Å². The Bertz CT molecular complexity index is 232. The third-order valence-electron chi connectivity index (χ3n) is 2.36. The number of rotatable bonds is 5. The molecule has 0 spiro atoms. The number of alkyl halides is 1. The van der Waals surface area contributed by atoms with E-state index in [0.717, 1.165) is 12.3 Å². The zero-order valence-electron chi connectivity index (χ0n) is 8.22. The molecule has 0 radical (unpaired) electrons. The normalized spacial score (nSPS) is 18.2. The Labute approximate surface area is 86.0 Å². The second-order valence-corrected chi connectivity index (χ2v) is 3.78. The maximum Gasteiger partial charge on any atom is 0.0409 e. The minimum atomic E-state index is 0.601. The summed E-state index contributed by atoms with van der Waals surface area (Å²) in [4.78, 5) is 0. The molecule has 0 N–H and O–H groups in total. The van der Waals surface area contributed by atoms with Gasteiger partial charge >= 0.3 is 0 Å². The van der Waals surface area contributed by atoms with Gasteiger partial charge in [0.2, 0.25) is 0 Å². The molecule has 0 saturated heterocycles. The van der Waals surface area contributed by atoms with Crippen LogP contribution in [0.3, 0.4) is 0 Å². The Balaban J connectivity index is 2.43. The highest BCUT2D eigenvalue weighted by atomic mass is 35.5. The second kappa shape index (κ2) is 5.29. The SMILES string of the molecule is C=C(/C=C\C(=C/CCl)CC)C1CC1. The Hall–Kier alpha value is -0.490. The zero-order chi connectivity index (χ0) is 9.68. The van der Waals surface area contributed by atoms with E-state index in [9.17, 15) is 0 Å². The molecule has 0 aliphatic heterocycles. The topological polar surface area (TPSA) is 0 Å². The molecular weight excluding hydrogens is 180 g/mol. The molecule has 1 rings (SSSR count). The monoisotopic (exact) mass is 196 g/mol. The number of halogens is 1. The molecule has 0 atom stereocenters. The van der Waals surface area contributed by atoms with Gasteiger partial charge in [-0.15, -0.1) is 11.6 Å². The molecule has 1 heteroatoms. The van der Waals surface area contributed by atoms with Gasteiger partial charge in [0, 0.05) is 5.88 Å². The first-order valence-electron chi connectivity index (χ1n) is 4.89. The van der Waals surface area contributed by atoms with Crippen LogP contribution in [0.15, 0.2) is 36.0 Å². The largest absolute Gasteiger partial charge is 0.122 e. The summed E-state index contributed by atoms with van der Waals surface area (Å²) in [6, 6.07) is 0. The highest BCUT2D eigenvalue weighted by molar-refractivity contribution is 6.18. The maximum atomic E-state index is 5.63. The van der Waals surface area contributed by atoms with Gasteiger partial charge in [-0.3, -0.25) is 0 Å². The Kier molecular flexibility index (Phi) is 4.31. The lowest BCUT2D eigenvalue weighted by Gasteiger charge is -1.97. The molecular formula is C12H17Cl. The van der Waals surface area contributed by atoms with E-state index < -0.39 is 0 Å². The molecule has 0 heterocycles. The van der Waals surface area contributed by atoms with Crippen LogP contribution in [-0.2, 0) is 0 Å². The molecule has 13 heavy (non-hydrogen) atoms. The molecule has 72 valence electrons. The number of hydrogen-bond acceptors (Lipinski definition) is 0. The molecule has 0 amide bonds. The van der Waals surface area contributed by atoms with Crippen molar-refractivity contribution in [1.29, 1.82) is 0 Å². The summed E-state index contributed by atoms with van der Waals surface area (Å²) in [6.07, 6.45) is 10.0. The predicted molar refractivity (Wildman–Crippen MR) is 60.1 cm³/mol. The summed E-state index contributed by atoms with van der Waals surface area (Å²) < 4.78 is 0. The molecule has 1 fully saturated rings. The van der Waals surface area contributed by atoms with Crippen LogP contribution in [0.2, 0.25) is 0 Å². The van der Waals surface area contributed by atoms with Gasteiger partial charge in [0.15, 0.2) is 0 Å². The van der Waals surface area contributed by atoms with Crippen LogP contribution in [0.25, 0.3) is 0 Å². The number of hydrogen-bond donors (Lipinski definition) is 0. The second-order valence-electron chi connectivity index (χ2n) is 3.47. The fourth-order valence-electron chi connectivity index (χ4n) is 1.23. The average molecular weight is 197 g/mol. The van der Waals surface area contributed by atoms with Crippen LogP contribution in [0.4, 0.5) is 0 Å². The van der Waals surface area contributed by atoms with Crippen LogP contribution in [0, 0.1) is 5.92 Å². The van der Waals surface area contributed by atoms with Crippen LogP contribution in [0.1, 0.15) is 26.2 Å². The quantitative estimate of drug-likeness (QED) is 0.459. The van der Waals surface area contributed by atoms with Gasteiger partial charge in [-0.2, -0.15) is 0 Å². The van der Waals surface area contributed by atoms with Crippen molar-refractivity contribution in [3.63, 3.8) is 0 Å². The fourth-order valence-corrected chi connectivity index (χ4v) is 1.43. The minimum Gasteiger partial charge on any atom is -0.122 e. The Morgan fingerprint density at radius 1 is 1.46 bits per heavy atom. The van der Waals surface area contributed by atoms with E-state index in [1.807, 2.05) is 0 Å². The zero-order valence-corrected chi connectivity index (χ0v) is 8.98. The van der Waals surface area contributed by atoms with Crippen LogP contribution in [0.5, 0.6) is 0 Å². The van der Waals surface area contributed by atoms with Crippen LogP contribution >= 0.6 is 11.6 Å². The van der Waals surface area contributed by atoms with E-state index in [-0.39, 0.29) is 0 Å². The van der Waals surface area contributed by atoms with Gasteiger partial charge in [0.25, 0.3) is 0 Å². The maximum absolute atomic E-state index is 5.63. The molecule has 0 aromatic heterocycles. The standard InChI is InChI=1S/C12H17Cl/c1-3-11(8-9-13)5-4-10(2)12-6-7-12/h4-5,8,12H,2-3,6-7,9H2,1H3/b5-4-,11-8-. The van der Waals surface area contributed by atoms with Gasteiger partial charge in [-0.25, -0.2) is 0 Å². The average Bonchev–Trinajstić information content (AvgIpc) is 2.94.